The first-order chi connectivity index (χ1) is 17.0. The Morgan fingerprint density at radius 1 is 1.22 bits per heavy atom. The summed E-state index contributed by atoms with van der Waals surface area (Å²) in [5, 5.41) is 2.35. The number of halogens is 2. The van der Waals surface area contributed by atoms with Crippen molar-refractivity contribution in [3.05, 3.63) is 47.2 Å². The number of nitrogens with zero attached hydrogens (tertiary/aromatic N) is 4. The number of ether oxygens (including phenoxy) is 2. The highest BCUT2D eigenvalue weighted by atomic mass is 19.1. The molecule has 0 spiro atoms. The Morgan fingerprint density at radius 2 is 1.92 bits per heavy atom. The molecule has 1 aromatic carbocycles. The van der Waals surface area contributed by atoms with Gasteiger partial charge in [0.25, 0.3) is 5.91 Å². The number of rotatable bonds is 4. The van der Waals surface area contributed by atoms with Crippen LogP contribution in [0.1, 0.15) is 36.7 Å². The average Bonchev–Trinajstić information content (AvgIpc) is 3.13. The van der Waals surface area contributed by atoms with E-state index in [0.717, 1.165) is 17.7 Å². The number of hydrogen-bond acceptors (Lipinski definition) is 6. The van der Waals surface area contributed by atoms with E-state index in [0.29, 0.717) is 17.7 Å². The Bertz CT molecular complexity index is 1290. The molecule has 1 fully saturated rings. The van der Waals surface area contributed by atoms with E-state index in [1.54, 1.807) is 42.5 Å². The number of pyridine rings is 1. The number of hydrogen-bond donors (Lipinski definition) is 1. The van der Waals surface area contributed by atoms with Crippen LogP contribution in [0.25, 0.3) is 22.6 Å². The minimum absolute atomic E-state index is 0.0135. The molecule has 0 unspecified atom stereocenters. The van der Waals surface area contributed by atoms with E-state index in [1.165, 1.54) is 7.05 Å². The molecule has 2 amide bonds. The molecule has 11 heteroatoms. The van der Waals surface area contributed by atoms with E-state index in [2.05, 4.69) is 15.3 Å². The van der Waals surface area contributed by atoms with Gasteiger partial charge < -0.3 is 24.3 Å². The topological polar surface area (TPSA) is 98.6 Å². The maximum atomic E-state index is 15.2. The fourth-order valence-corrected chi connectivity index (χ4v) is 4.06. The number of benzene rings is 1. The Balaban J connectivity index is 1.72. The van der Waals surface area contributed by atoms with Crippen LogP contribution in [0.5, 0.6) is 0 Å². The van der Waals surface area contributed by atoms with E-state index < -0.39 is 35.3 Å². The van der Waals surface area contributed by atoms with Crippen molar-refractivity contribution < 1.29 is 27.8 Å². The van der Waals surface area contributed by atoms with Crippen LogP contribution >= 0.6 is 0 Å². The third kappa shape index (κ3) is 5.30. The van der Waals surface area contributed by atoms with Gasteiger partial charge >= 0.3 is 6.09 Å². The molecule has 1 aliphatic rings. The first kappa shape index (κ1) is 25.5. The van der Waals surface area contributed by atoms with Crippen molar-refractivity contribution in [1.29, 1.82) is 0 Å². The van der Waals surface area contributed by atoms with Crippen molar-refractivity contribution in [2.75, 3.05) is 26.7 Å². The second kappa shape index (κ2) is 9.81. The SMILES string of the molecule is CNC(=O)c1cc(F)c(-c2nc3cc(C)cnc3n2C[C@H]2CN(C(=O)OC(C)(C)C)CCO2)c(F)c1. The lowest BCUT2D eigenvalue weighted by atomic mass is 10.1. The molecular formula is C25H29F2N5O4. The summed E-state index contributed by atoms with van der Waals surface area (Å²) in [4.78, 5) is 35.0. The van der Waals surface area contributed by atoms with Crippen LogP contribution in [0.3, 0.4) is 0 Å². The molecule has 1 aliphatic heterocycles. The summed E-state index contributed by atoms with van der Waals surface area (Å²) in [5.41, 5.74) is 0.548. The molecule has 0 aliphatic carbocycles. The number of aryl methyl sites for hydroxylation is 1. The van der Waals surface area contributed by atoms with Gasteiger partial charge in [-0.15, -0.1) is 0 Å². The number of imidazole rings is 1. The summed E-state index contributed by atoms with van der Waals surface area (Å²) in [6, 6.07) is 3.72. The number of carbonyl (C=O) groups is 2. The van der Waals surface area contributed by atoms with Gasteiger partial charge in [0.05, 0.1) is 31.4 Å². The summed E-state index contributed by atoms with van der Waals surface area (Å²) in [5.74, 6) is -2.45. The highest BCUT2D eigenvalue weighted by Gasteiger charge is 2.30. The van der Waals surface area contributed by atoms with Crippen molar-refractivity contribution in [2.24, 2.45) is 0 Å². The van der Waals surface area contributed by atoms with E-state index in [1.807, 2.05) is 6.92 Å². The molecule has 1 N–H and O–H groups in total. The summed E-state index contributed by atoms with van der Waals surface area (Å²) < 4.78 is 43.3. The molecular weight excluding hydrogens is 472 g/mol. The number of nitrogens with one attached hydrogen (secondary N) is 1. The van der Waals surface area contributed by atoms with Crippen LogP contribution in [0, 0.1) is 18.6 Å². The zero-order chi connectivity index (χ0) is 26.2. The lowest BCUT2D eigenvalue weighted by molar-refractivity contribution is -0.0468. The number of carbonyl (C=O) groups excluding carboxylic acids is 2. The fourth-order valence-electron chi connectivity index (χ4n) is 4.06. The molecule has 0 saturated carbocycles. The van der Waals surface area contributed by atoms with Crippen molar-refractivity contribution in [3.8, 4) is 11.4 Å². The molecule has 9 nitrogen and oxygen atoms in total. The lowest BCUT2D eigenvalue weighted by Crippen LogP contribution is -2.48. The van der Waals surface area contributed by atoms with Gasteiger partial charge in [-0.1, -0.05) is 0 Å². The third-order valence-electron chi connectivity index (χ3n) is 5.65. The normalized spacial score (nSPS) is 16.3. The van der Waals surface area contributed by atoms with Gasteiger partial charge in [0.15, 0.2) is 5.65 Å². The zero-order valence-electron chi connectivity index (χ0n) is 20.9. The lowest BCUT2D eigenvalue weighted by Gasteiger charge is -2.34. The van der Waals surface area contributed by atoms with E-state index in [-0.39, 0.29) is 36.6 Å². The van der Waals surface area contributed by atoms with Crippen LogP contribution in [0.15, 0.2) is 24.4 Å². The molecule has 3 heterocycles. The van der Waals surface area contributed by atoms with Crippen LogP contribution in [-0.2, 0) is 16.0 Å². The molecule has 1 saturated heterocycles. The molecule has 3 aromatic rings. The summed E-state index contributed by atoms with van der Waals surface area (Å²) in [6.07, 6.45) is 0.685. The fraction of sp³-hybridized carbons (Fsp3) is 0.440. The van der Waals surface area contributed by atoms with Gasteiger partial charge in [-0.05, 0) is 51.5 Å². The van der Waals surface area contributed by atoms with E-state index in [4.69, 9.17) is 9.47 Å². The standard InChI is InChI=1S/C25H29F2N5O4/c1-14-8-19-21(29-11-14)32(13-16-12-31(6-7-35-16)24(34)36-25(2,3)4)22(30-19)20-17(26)9-15(10-18(20)27)23(33)28-5/h8-11,16H,6-7,12-13H2,1-5H3,(H,28,33)/t16-/m1/s1. The quantitative estimate of drug-likeness (QED) is 0.586. The van der Waals surface area contributed by atoms with E-state index in [9.17, 15) is 9.59 Å². The molecule has 2 aromatic heterocycles. The van der Waals surface area contributed by atoms with Gasteiger partial charge in [-0.2, -0.15) is 0 Å². The van der Waals surface area contributed by atoms with Gasteiger partial charge in [0, 0.05) is 25.4 Å². The van der Waals surface area contributed by atoms with Gasteiger partial charge in [-0.3, -0.25) is 4.79 Å². The maximum absolute atomic E-state index is 15.2. The van der Waals surface area contributed by atoms with Crippen LogP contribution in [0.4, 0.5) is 13.6 Å². The molecule has 1 atom stereocenters. The highest BCUT2D eigenvalue weighted by molar-refractivity contribution is 5.94. The van der Waals surface area contributed by atoms with Crippen molar-refractivity contribution >= 4 is 23.2 Å². The van der Waals surface area contributed by atoms with Crippen molar-refractivity contribution in [2.45, 2.75) is 45.9 Å². The van der Waals surface area contributed by atoms with E-state index >= 15 is 8.78 Å². The van der Waals surface area contributed by atoms with Gasteiger partial charge in [-0.25, -0.2) is 23.5 Å². The second-order valence-corrected chi connectivity index (χ2v) is 9.71. The highest BCUT2D eigenvalue weighted by Crippen LogP contribution is 2.30. The van der Waals surface area contributed by atoms with Crippen molar-refractivity contribution in [1.82, 2.24) is 24.8 Å². The monoisotopic (exact) mass is 501 g/mol. The van der Waals surface area contributed by atoms with Crippen LogP contribution < -0.4 is 5.32 Å². The Hall–Kier alpha value is -3.60. The molecule has 0 bridgehead atoms. The first-order valence-corrected chi connectivity index (χ1v) is 11.6. The zero-order valence-corrected chi connectivity index (χ0v) is 20.9. The summed E-state index contributed by atoms with van der Waals surface area (Å²) in [6.45, 7) is 8.22. The minimum Gasteiger partial charge on any atom is -0.444 e. The van der Waals surface area contributed by atoms with Crippen LogP contribution in [-0.4, -0.2) is 69.9 Å². The first-order valence-electron chi connectivity index (χ1n) is 11.6. The molecule has 36 heavy (non-hydrogen) atoms. The smallest absolute Gasteiger partial charge is 0.410 e. The van der Waals surface area contributed by atoms with Gasteiger partial charge in [0.1, 0.15) is 28.6 Å². The average molecular weight is 502 g/mol. The number of aromatic nitrogens is 3. The predicted octanol–water partition coefficient (Wildman–Crippen LogP) is 3.68. The maximum Gasteiger partial charge on any atom is 0.410 e. The molecule has 4 rings (SSSR count). The summed E-state index contributed by atoms with van der Waals surface area (Å²) >= 11 is 0. The number of morpholine rings is 1. The Labute approximate surface area is 207 Å². The number of fused-ring (bicyclic) bond motifs is 1. The largest absolute Gasteiger partial charge is 0.444 e. The summed E-state index contributed by atoms with van der Waals surface area (Å²) in [7, 11) is 1.38. The molecule has 0 radical (unpaired) electrons. The second-order valence-electron chi connectivity index (χ2n) is 9.71. The number of amides is 2. The van der Waals surface area contributed by atoms with Gasteiger partial charge in [0.2, 0.25) is 0 Å². The van der Waals surface area contributed by atoms with Crippen molar-refractivity contribution in [3.63, 3.8) is 0 Å². The Kier molecular flexibility index (Phi) is 6.94. The third-order valence-corrected chi connectivity index (χ3v) is 5.65. The predicted molar refractivity (Wildman–Crippen MR) is 129 cm³/mol. The molecule has 192 valence electrons. The Morgan fingerprint density at radius 3 is 2.56 bits per heavy atom. The minimum atomic E-state index is -0.929. The van der Waals surface area contributed by atoms with Crippen LogP contribution in [0.2, 0.25) is 0 Å².